The van der Waals surface area contributed by atoms with E-state index in [1.807, 2.05) is 18.2 Å². The van der Waals surface area contributed by atoms with Crippen LogP contribution in [0.5, 0.6) is 0 Å². The SMILES string of the molecule is Cc1cc2occ(CC(=O)N(C)Cc3ccco3)c2cc1C. The molecule has 114 valence electrons. The van der Waals surface area contributed by atoms with Crippen LogP contribution in [0, 0.1) is 13.8 Å². The van der Waals surface area contributed by atoms with Gasteiger partial charge in [-0.3, -0.25) is 4.79 Å². The third kappa shape index (κ3) is 2.77. The molecule has 0 aliphatic rings. The lowest BCUT2D eigenvalue weighted by Gasteiger charge is -2.15. The Morgan fingerprint density at radius 3 is 2.68 bits per heavy atom. The highest BCUT2D eigenvalue weighted by atomic mass is 16.3. The van der Waals surface area contributed by atoms with E-state index in [0.29, 0.717) is 13.0 Å². The molecule has 0 saturated heterocycles. The van der Waals surface area contributed by atoms with Gasteiger partial charge in [-0.05, 0) is 49.2 Å². The van der Waals surface area contributed by atoms with Gasteiger partial charge in [0.2, 0.25) is 5.91 Å². The van der Waals surface area contributed by atoms with Crippen LogP contribution in [-0.4, -0.2) is 17.9 Å². The molecule has 0 saturated carbocycles. The number of aryl methyl sites for hydroxylation is 2. The van der Waals surface area contributed by atoms with Gasteiger partial charge in [0.1, 0.15) is 11.3 Å². The zero-order chi connectivity index (χ0) is 15.7. The van der Waals surface area contributed by atoms with Crippen LogP contribution < -0.4 is 0 Å². The molecular formula is C18H19NO3. The summed E-state index contributed by atoms with van der Waals surface area (Å²) in [4.78, 5) is 14.0. The van der Waals surface area contributed by atoms with E-state index >= 15 is 0 Å². The summed E-state index contributed by atoms with van der Waals surface area (Å²) >= 11 is 0. The molecule has 1 amide bonds. The smallest absolute Gasteiger partial charge is 0.227 e. The number of carbonyl (C=O) groups excluding carboxylic acids is 1. The lowest BCUT2D eigenvalue weighted by Crippen LogP contribution is -2.27. The molecule has 2 heterocycles. The Morgan fingerprint density at radius 1 is 1.18 bits per heavy atom. The zero-order valence-electron chi connectivity index (χ0n) is 13.1. The van der Waals surface area contributed by atoms with Gasteiger partial charge in [-0.15, -0.1) is 0 Å². The normalized spacial score (nSPS) is 11.0. The molecule has 0 bridgehead atoms. The van der Waals surface area contributed by atoms with Crippen LogP contribution in [0.4, 0.5) is 0 Å². The van der Waals surface area contributed by atoms with Crippen LogP contribution in [0.25, 0.3) is 11.0 Å². The molecule has 0 spiro atoms. The van der Waals surface area contributed by atoms with Gasteiger partial charge in [0, 0.05) is 18.0 Å². The van der Waals surface area contributed by atoms with Crippen LogP contribution >= 0.6 is 0 Å². The molecule has 0 unspecified atom stereocenters. The van der Waals surface area contributed by atoms with E-state index in [2.05, 4.69) is 19.9 Å². The van der Waals surface area contributed by atoms with Gasteiger partial charge in [-0.1, -0.05) is 0 Å². The van der Waals surface area contributed by atoms with Crippen LogP contribution in [-0.2, 0) is 17.8 Å². The van der Waals surface area contributed by atoms with Crippen molar-refractivity contribution >= 4 is 16.9 Å². The second kappa shape index (κ2) is 5.72. The Hall–Kier alpha value is -2.49. The van der Waals surface area contributed by atoms with E-state index < -0.39 is 0 Å². The number of benzene rings is 1. The monoisotopic (exact) mass is 297 g/mol. The van der Waals surface area contributed by atoms with Crippen molar-refractivity contribution in [3.8, 4) is 0 Å². The summed E-state index contributed by atoms with van der Waals surface area (Å²) in [5.74, 6) is 0.816. The number of nitrogens with zero attached hydrogens (tertiary/aromatic N) is 1. The molecule has 4 heteroatoms. The summed E-state index contributed by atoms with van der Waals surface area (Å²) < 4.78 is 10.9. The summed E-state index contributed by atoms with van der Waals surface area (Å²) in [6, 6.07) is 7.79. The summed E-state index contributed by atoms with van der Waals surface area (Å²) in [6.07, 6.45) is 3.62. The standard InChI is InChI=1S/C18H19NO3/c1-12-7-16-14(11-22-17(16)8-13(12)2)9-18(20)19(3)10-15-5-4-6-21-15/h4-8,11H,9-10H2,1-3H3. The number of hydrogen-bond donors (Lipinski definition) is 0. The molecule has 1 aromatic carbocycles. The van der Waals surface area contributed by atoms with E-state index in [9.17, 15) is 4.79 Å². The highest BCUT2D eigenvalue weighted by Crippen LogP contribution is 2.25. The molecule has 3 aromatic rings. The molecule has 3 rings (SSSR count). The lowest BCUT2D eigenvalue weighted by atomic mass is 10.0. The summed E-state index contributed by atoms with van der Waals surface area (Å²) in [7, 11) is 1.78. The first-order valence-electron chi connectivity index (χ1n) is 7.28. The van der Waals surface area contributed by atoms with E-state index in [1.165, 1.54) is 11.1 Å². The molecule has 2 aromatic heterocycles. The van der Waals surface area contributed by atoms with Crippen molar-refractivity contribution in [3.05, 3.63) is 59.2 Å². The van der Waals surface area contributed by atoms with Crippen molar-refractivity contribution in [3.63, 3.8) is 0 Å². The fraction of sp³-hybridized carbons (Fsp3) is 0.278. The minimum Gasteiger partial charge on any atom is -0.467 e. The molecule has 0 atom stereocenters. The van der Waals surface area contributed by atoms with Crippen LogP contribution in [0.2, 0.25) is 0 Å². The van der Waals surface area contributed by atoms with E-state index in [0.717, 1.165) is 22.3 Å². The molecule has 0 radical (unpaired) electrons. The molecular weight excluding hydrogens is 278 g/mol. The number of amides is 1. The predicted octanol–water partition coefficient (Wildman–Crippen LogP) is 3.84. The van der Waals surface area contributed by atoms with Gasteiger partial charge in [0.05, 0.1) is 25.5 Å². The number of hydrogen-bond acceptors (Lipinski definition) is 3. The zero-order valence-corrected chi connectivity index (χ0v) is 13.1. The molecule has 4 nitrogen and oxygen atoms in total. The average Bonchev–Trinajstić information content (AvgIpc) is 3.11. The second-order valence-electron chi connectivity index (χ2n) is 5.70. The van der Waals surface area contributed by atoms with E-state index in [-0.39, 0.29) is 5.91 Å². The van der Waals surface area contributed by atoms with Crippen LogP contribution in [0.1, 0.15) is 22.5 Å². The highest BCUT2D eigenvalue weighted by Gasteiger charge is 2.15. The van der Waals surface area contributed by atoms with Crippen molar-refractivity contribution in [2.24, 2.45) is 0 Å². The van der Waals surface area contributed by atoms with E-state index in [1.54, 1.807) is 24.5 Å². The van der Waals surface area contributed by atoms with Crippen molar-refractivity contribution in [2.45, 2.75) is 26.8 Å². The maximum atomic E-state index is 12.4. The van der Waals surface area contributed by atoms with Gasteiger partial charge in [-0.2, -0.15) is 0 Å². The minimum atomic E-state index is 0.0392. The Kier molecular flexibility index (Phi) is 3.75. The Morgan fingerprint density at radius 2 is 1.95 bits per heavy atom. The number of likely N-dealkylation sites (N-methyl/N-ethyl adjacent to an activating group) is 1. The van der Waals surface area contributed by atoms with Crippen LogP contribution in [0.15, 0.2) is 45.6 Å². The maximum absolute atomic E-state index is 12.4. The second-order valence-corrected chi connectivity index (χ2v) is 5.70. The minimum absolute atomic E-state index is 0.0392. The third-order valence-corrected chi connectivity index (χ3v) is 4.01. The fourth-order valence-electron chi connectivity index (χ4n) is 2.50. The van der Waals surface area contributed by atoms with Crippen LogP contribution in [0.3, 0.4) is 0 Å². The van der Waals surface area contributed by atoms with Crippen molar-refractivity contribution in [1.29, 1.82) is 0 Å². The quantitative estimate of drug-likeness (QED) is 0.735. The topological polar surface area (TPSA) is 46.6 Å². The number of carbonyl (C=O) groups is 1. The summed E-state index contributed by atoms with van der Waals surface area (Å²) in [5.41, 5.74) is 4.15. The fourth-order valence-corrected chi connectivity index (χ4v) is 2.50. The maximum Gasteiger partial charge on any atom is 0.227 e. The van der Waals surface area contributed by atoms with Gasteiger partial charge < -0.3 is 13.7 Å². The number of furan rings is 2. The van der Waals surface area contributed by atoms with Crippen molar-refractivity contribution in [2.75, 3.05) is 7.05 Å². The van der Waals surface area contributed by atoms with Gasteiger partial charge >= 0.3 is 0 Å². The first kappa shape index (κ1) is 14.4. The summed E-state index contributed by atoms with van der Waals surface area (Å²) in [6.45, 7) is 4.59. The molecule has 0 N–H and O–H groups in total. The average molecular weight is 297 g/mol. The molecule has 0 aliphatic heterocycles. The third-order valence-electron chi connectivity index (χ3n) is 4.01. The van der Waals surface area contributed by atoms with Crippen molar-refractivity contribution < 1.29 is 13.6 Å². The van der Waals surface area contributed by atoms with Crippen molar-refractivity contribution in [1.82, 2.24) is 4.90 Å². The molecule has 0 fully saturated rings. The highest BCUT2D eigenvalue weighted by molar-refractivity contribution is 5.88. The Labute approximate surface area is 129 Å². The van der Waals surface area contributed by atoms with E-state index in [4.69, 9.17) is 8.83 Å². The first-order chi connectivity index (χ1) is 10.5. The lowest BCUT2D eigenvalue weighted by molar-refractivity contribution is -0.129. The Bertz CT molecular complexity index is 799. The number of rotatable bonds is 4. The largest absolute Gasteiger partial charge is 0.467 e. The predicted molar refractivity (Wildman–Crippen MR) is 84.6 cm³/mol. The first-order valence-corrected chi connectivity index (χ1v) is 7.28. The van der Waals surface area contributed by atoms with Gasteiger partial charge in [-0.25, -0.2) is 0 Å². The van der Waals surface area contributed by atoms with Gasteiger partial charge in [0.25, 0.3) is 0 Å². The summed E-state index contributed by atoms with van der Waals surface area (Å²) in [5, 5.41) is 1.02. The molecule has 0 aliphatic carbocycles. The number of fused-ring (bicyclic) bond motifs is 1. The molecule has 22 heavy (non-hydrogen) atoms. The Balaban J connectivity index is 1.77. The van der Waals surface area contributed by atoms with Gasteiger partial charge in [0.15, 0.2) is 0 Å².